The van der Waals surface area contributed by atoms with Gasteiger partial charge in [-0.2, -0.15) is 3.97 Å². The summed E-state index contributed by atoms with van der Waals surface area (Å²) in [6, 6.07) is 39.6. The third kappa shape index (κ3) is 7.00. The Kier molecular flexibility index (Phi) is 10.3. The summed E-state index contributed by atoms with van der Waals surface area (Å²) >= 11 is 1.65. The zero-order valence-electron chi connectivity index (χ0n) is 29.3. The highest BCUT2D eigenvalue weighted by Gasteiger charge is 2.36. The van der Waals surface area contributed by atoms with Crippen molar-refractivity contribution >= 4 is 49.7 Å². The van der Waals surface area contributed by atoms with Gasteiger partial charge < -0.3 is 9.64 Å². The van der Waals surface area contributed by atoms with Crippen molar-refractivity contribution in [2.75, 3.05) is 26.0 Å². The number of hydrogen-bond acceptors (Lipinski definition) is 7. The van der Waals surface area contributed by atoms with Crippen LogP contribution in [0.25, 0.3) is 21.8 Å². The number of amides is 1. The number of ether oxygens (including phenoxy) is 1. The number of para-hydroxylation sites is 2. The lowest BCUT2D eigenvalue weighted by molar-refractivity contribution is 0.0455. The fraction of sp³-hybridized carbons (Fsp3) is 0.268. The summed E-state index contributed by atoms with van der Waals surface area (Å²) in [6.45, 7) is 4.42. The van der Waals surface area contributed by atoms with Crippen LogP contribution in [-0.4, -0.2) is 63.7 Å². The highest BCUT2D eigenvalue weighted by Crippen LogP contribution is 2.33. The molecule has 0 aliphatic carbocycles. The summed E-state index contributed by atoms with van der Waals surface area (Å²) in [4.78, 5) is 31.3. The largest absolute Gasteiger partial charge is 0.447 e. The Morgan fingerprint density at radius 1 is 0.788 bits per heavy atom. The number of aromatic nitrogens is 2. The smallest absolute Gasteiger partial charge is 0.409 e. The molecule has 1 aliphatic rings. The summed E-state index contributed by atoms with van der Waals surface area (Å²) < 4.78 is 37.0. The molecule has 0 spiro atoms. The van der Waals surface area contributed by atoms with Crippen LogP contribution in [-0.2, 0) is 27.8 Å². The normalized spacial score (nSPS) is 15.2. The highest BCUT2D eigenvalue weighted by atomic mass is 32.2. The van der Waals surface area contributed by atoms with Crippen molar-refractivity contribution in [2.45, 2.75) is 48.7 Å². The van der Waals surface area contributed by atoms with Crippen molar-refractivity contribution < 1.29 is 17.9 Å². The first kappa shape index (κ1) is 35.6. The van der Waals surface area contributed by atoms with Crippen molar-refractivity contribution in [3.05, 3.63) is 149 Å². The molecule has 1 amide bonds. The summed E-state index contributed by atoms with van der Waals surface area (Å²) in [5.74, 6) is 0. The summed E-state index contributed by atoms with van der Waals surface area (Å²) in [7, 11) is -4.24. The average Bonchev–Trinajstić information content (AvgIpc) is 3.49. The number of imidazole rings is 1. The number of thioether (sulfide) groups is 1. The van der Waals surface area contributed by atoms with Crippen molar-refractivity contribution in [3.8, 4) is 0 Å². The molecular formula is C41H42N4O5S2. The van der Waals surface area contributed by atoms with E-state index in [1.54, 1.807) is 69.8 Å². The van der Waals surface area contributed by atoms with Crippen LogP contribution in [0.15, 0.2) is 137 Å². The average molecular weight is 735 g/mol. The first-order valence-corrected chi connectivity index (χ1v) is 20.1. The predicted octanol–water partition coefficient (Wildman–Crippen LogP) is 7.75. The molecule has 7 rings (SSSR count). The molecule has 0 bridgehead atoms. The topological polar surface area (TPSA) is 93.8 Å². The number of carbonyl (C=O) groups excluding carboxylic acids is 1. The van der Waals surface area contributed by atoms with E-state index in [1.165, 1.54) is 11.1 Å². The summed E-state index contributed by atoms with van der Waals surface area (Å²) in [5.41, 5.74) is 2.62. The van der Waals surface area contributed by atoms with Crippen LogP contribution in [0.1, 0.15) is 36.9 Å². The number of carbonyl (C=O) groups is 1. The maximum atomic E-state index is 14.2. The van der Waals surface area contributed by atoms with E-state index in [0.717, 1.165) is 9.36 Å². The second kappa shape index (κ2) is 15.0. The molecular weight excluding hydrogens is 693 g/mol. The van der Waals surface area contributed by atoms with Gasteiger partial charge in [-0.05, 0) is 60.7 Å². The number of likely N-dealkylation sites (tertiary alicyclic amines) is 1. The van der Waals surface area contributed by atoms with Crippen LogP contribution in [0.4, 0.5) is 4.79 Å². The first-order chi connectivity index (χ1) is 25.2. The van der Waals surface area contributed by atoms with E-state index in [9.17, 15) is 18.0 Å². The van der Waals surface area contributed by atoms with Gasteiger partial charge in [0.25, 0.3) is 10.0 Å². The Morgan fingerprint density at radius 3 is 1.98 bits per heavy atom. The number of nitrogens with zero attached hydrogens (tertiary/aromatic N) is 4. The molecule has 1 fully saturated rings. The number of rotatable bonds is 11. The molecule has 0 N–H and O–H groups in total. The molecule has 11 heteroatoms. The molecule has 0 radical (unpaired) electrons. The van der Waals surface area contributed by atoms with Crippen LogP contribution >= 0.6 is 11.8 Å². The number of hydrogen-bond donors (Lipinski definition) is 0. The third-order valence-corrected chi connectivity index (χ3v) is 13.1. The van der Waals surface area contributed by atoms with Crippen LogP contribution in [0.3, 0.4) is 0 Å². The van der Waals surface area contributed by atoms with Crippen molar-refractivity contribution in [1.82, 2.24) is 18.3 Å². The molecule has 1 aromatic heterocycles. The van der Waals surface area contributed by atoms with Crippen molar-refractivity contribution in [1.29, 1.82) is 0 Å². The van der Waals surface area contributed by atoms with E-state index in [2.05, 4.69) is 36.1 Å². The molecule has 9 nitrogen and oxygen atoms in total. The SMILES string of the molecule is CS[C@](C)(COC(=O)N1CCC(n2c(=O)n(S(=O)(=O)c3cccc4ccccc34)c3ccccc32)CC1)N(Cc1ccccc1)Cc1ccccc1. The van der Waals surface area contributed by atoms with Gasteiger partial charge in [-0.15, -0.1) is 11.8 Å². The Morgan fingerprint density at radius 2 is 1.35 bits per heavy atom. The number of piperidine rings is 1. The lowest BCUT2D eigenvalue weighted by Gasteiger charge is -2.40. The van der Waals surface area contributed by atoms with E-state index in [4.69, 9.17) is 4.74 Å². The summed E-state index contributed by atoms with van der Waals surface area (Å²) in [5, 5.41) is 1.33. The van der Waals surface area contributed by atoms with Crippen LogP contribution in [0.5, 0.6) is 0 Å². The van der Waals surface area contributed by atoms with Gasteiger partial charge in [0.1, 0.15) is 6.61 Å². The van der Waals surface area contributed by atoms with Gasteiger partial charge in [0.15, 0.2) is 0 Å². The summed E-state index contributed by atoms with van der Waals surface area (Å²) in [6.07, 6.45) is 2.60. The molecule has 1 aliphatic heterocycles. The Hall–Kier alpha value is -4.84. The fourth-order valence-corrected chi connectivity index (χ4v) is 9.30. The molecule has 0 unspecified atom stereocenters. The lowest BCUT2D eigenvalue weighted by atomic mass is 10.0. The zero-order chi connectivity index (χ0) is 36.3. The molecule has 2 heterocycles. The van der Waals surface area contributed by atoms with Crippen molar-refractivity contribution in [2.24, 2.45) is 0 Å². The second-order valence-electron chi connectivity index (χ2n) is 13.4. The monoisotopic (exact) mass is 734 g/mol. The van der Waals surface area contributed by atoms with Gasteiger partial charge in [-0.1, -0.05) is 109 Å². The Balaban J connectivity index is 1.08. The minimum Gasteiger partial charge on any atom is -0.447 e. The molecule has 5 aromatic carbocycles. The van der Waals surface area contributed by atoms with Gasteiger partial charge in [0.2, 0.25) is 0 Å². The molecule has 6 aromatic rings. The van der Waals surface area contributed by atoms with Crippen molar-refractivity contribution in [3.63, 3.8) is 0 Å². The molecule has 268 valence electrons. The Labute approximate surface area is 308 Å². The quantitative estimate of drug-likeness (QED) is 0.126. The van der Waals surface area contributed by atoms with Crippen LogP contribution < -0.4 is 5.69 Å². The maximum absolute atomic E-state index is 14.2. The van der Waals surface area contributed by atoms with Crippen LogP contribution in [0.2, 0.25) is 0 Å². The first-order valence-electron chi connectivity index (χ1n) is 17.4. The van der Waals surface area contributed by atoms with E-state index >= 15 is 0 Å². The molecule has 52 heavy (non-hydrogen) atoms. The van der Waals surface area contributed by atoms with Gasteiger partial charge >= 0.3 is 11.8 Å². The second-order valence-corrected chi connectivity index (χ2v) is 16.4. The molecule has 1 saturated heterocycles. The highest BCUT2D eigenvalue weighted by molar-refractivity contribution is 7.99. The minimum absolute atomic E-state index is 0.0801. The standard InChI is InChI=1S/C41H42N4O5S2/c1-41(51-2,43(28-31-14-5-3-6-15-31)29-32-16-7-4-8-17-32)30-50-40(47)42-26-24-34(25-27-42)44-36-21-11-12-22-37(36)45(39(44)46)52(48,49)38-23-13-19-33-18-9-10-20-35(33)38/h3-23,34H,24-30H2,1-2H3/t41-/m1/s1. The van der Waals surface area contributed by atoms with Gasteiger partial charge in [0.05, 0.1) is 20.8 Å². The third-order valence-electron chi connectivity index (χ3n) is 10.1. The van der Waals surface area contributed by atoms with Gasteiger partial charge in [-0.3, -0.25) is 9.47 Å². The van der Waals surface area contributed by atoms with Gasteiger partial charge in [-0.25, -0.2) is 18.0 Å². The predicted molar refractivity (Wildman–Crippen MR) is 208 cm³/mol. The number of fused-ring (bicyclic) bond motifs is 2. The lowest BCUT2D eigenvalue weighted by Crippen LogP contribution is -2.48. The van der Waals surface area contributed by atoms with E-state index in [0.29, 0.717) is 55.4 Å². The maximum Gasteiger partial charge on any atom is 0.409 e. The van der Waals surface area contributed by atoms with Crippen LogP contribution in [0, 0.1) is 0 Å². The molecule has 1 atom stereocenters. The molecule has 0 saturated carbocycles. The minimum atomic E-state index is -4.24. The van der Waals surface area contributed by atoms with E-state index < -0.39 is 26.7 Å². The van der Waals surface area contributed by atoms with Gasteiger partial charge in [0, 0.05) is 37.6 Å². The zero-order valence-corrected chi connectivity index (χ0v) is 30.9. The Bertz CT molecular complexity index is 2310. The van der Waals surface area contributed by atoms with E-state index in [-0.39, 0.29) is 17.5 Å². The van der Waals surface area contributed by atoms with E-state index in [1.807, 2.05) is 60.9 Å². The fourth-order valence-electron chi connectivity index (χ4n) is 7.12. The number of benzene rings is 5.